The molecule has 0 fully saturated rings. The van der Waals surface area contributed by atoms with Crippen LogP contribution in [0, 0.1) is 0 Å². The van der Waals surface area contributed by atoms with Crippen LogP contribution in [0.2, 0.25) is 0 Å². The fourth-order valence-electron chi connectivity index (χ4n) is 1.78. The Morgan fingerprint density at radius 3 is 2.62 bits per heavy atom. The zero-order valence-electron chi connectivity index (χ0n) is 9.60. The van der Waals surface area contributed by atoms with E-state index in [0.29, 0.717) is 6.04 Å². The van der Waals surface area contributed by atoms with E-state index in [-0.39, 0.29) is 0 Å². The molecule has 1 heterocycles. The van der Waals surface area contributed by atoms with Gasteiger partial charge in [0.2, 0.25) is 0 Å². The van der Waals surface area contributed by atoms with Crippen molar-refractivity contribution in [2.75, 3.05) is 0 Å². The zero-order valence-corrected chi connectivity index (χ0v) is 10.4. The average Bonchev–Trinajstić information content (AvgIpc) is 2.81. The van der Waals surface area contributed by atoms with Gasteiger partial charge in [-0.2, -0.15) is 0 Å². The van der Waals surface area contributed by atoms with Crippen LogP contribution in [0.1, 0.15) is 17.4 Å². The maximum Gasteiger partial charge on any atom is 0.101 e. The van der Waals surface area contributed by atoms with Crippen molar-refractivity contribution in [3.05, 3.63) is 58.3 Å². The molecule has 0 saturated heterocycles. The largest absolute Gasteiger partial charge is 0.340 e. The summed E-state index contributed by atoms with van der Waals surface area (Å²) < 4.78 is 0. The maximum atomic E-state index is 2.41. The summed E-state index contributed by atoms with van der Waals surface area (Å²) in [4.78, 5) is 1.48. The Kier molecular flexibility index (Phi) is 4.14. The number of hydrogen-bond acceptors (Lipinski definition) is 1. The van der Waals surface area contributed by atoms with E-state index in [4.69, 9.17) is 0 Å². The first-order valence-electron chi connectivity index (χ1n) is 5.74. The van der Waals surface area contributed by atoms with Gasteiger partial charge in [-0.25, -0.2) is 0 Å². The predicted octanol–water partition coefficient (Wildman–Crippen LogP) is 2.44. The third-order valence-electron chi connectivity index (χ3n) is 2.70. The van der Waals surface area contributed by atoms with Crippen LogP contribution in [-0.2, 0) is 13.0 Å². The van der Waals surface area contributed by atoms with Crippen molar-refractivity contribution < 1.29 is 5.32 Å². The number of benzene rings is 1. The molecule has 1 aromatic heterocycles. The van der Waals surface area contributed by atoms with Crippen LogP contribution in [0.25, 0.3) is 0 Å². The molecule has 2 N–H and O–H groups in total. The van der Waals surface area contributed by atoms with Gasteiger partial charge in [-0.3, -0.25) is 0 Å². The summed E-state index contributed by atoms with van der Waals surface area (Å²) in [7, 11) is 0. The van der Waals surface area contributed by atoms with Gasteiger partial charge in [0, 0.05) is 16.9 Å². The van der Waals surface area contributed by atoms with Crippen LogP contribution >= 0.6 is 11.3 Å². The molecule has 0 aliphatic carbocycles. The molecule has 2 rings (SSSR count). The highest BCUT2D eigenvalue weighted by Crippen LogP contribution is 2.09. The molecule has 84 valence electrons. The van der Waals surface area contributed by atoms with Crippen molar-refractivity contribution in [1.29, 1.82) is 0 Å². The Morgan fingerprint density at radius 2 is 1.94 bits per heavy atom. The normalized spacial score (nSPS) is 12.6. The average molecular weight is 232 g/mol. The van der Waals surface area contributed by atoms with E-state index in [9.17, 15) is 0 Å². The number of nitrogens with two attached hydrogens (primary N) is 1. The summed E-state index contributed by atoms with van der Waals surface area (Å²) >= 11 is 1.85. The van der Waals surface area contributed by atoms with E-state index in [0.717, 1.165) is 6.54 Å². The summed E-state index contributed by atoms with van der Waals surface area (Å²) in [5.74, 6) is 0. The molecule has 1 atom stereocenters. The summed E-state index contributed by atoms with van der Waals surface area (Å²) in [5, 5.41) is 4.56. The second-order valence-electron chi connectivity index (χ2n) is 4.19. The van der Waals surface area contributed by atoms with Crippen molar-refractivity contribution in [2.24, 2.45) is 0 Å². The third kappa shape index (κ3) is 3.47. The van der Waals surface area contributed by atoms with E-state index in [1.54, 1.807) is 0 Å². The standard InChI is InChI=1S/C14H17NS/c1-12(10-14-8-5-9-16-14)15-11-13-6-3-2-4-7-13/h2-9,12,15H,10-11H2,1H3/p+1/t12-/m1/s1. The van der Waals surface area contributed by atoms with Crippen molar-refractivity contribution in [3.63, 3.8) is 0 Å². The highest BCUT2D eigenvalue weighted by atomic mass is 32.1. The molecule has 0 bridgehead atoms. The van der Waals surface area contributed by atoms with Gasteiger partial charge in [-0.05, 0) is 18.4 Å². The summed E-state index contributed by atoms with van der Waals surface area (Å²) in [6.45, 7) is 3.37. The summed E-state index contributed by atoms with van der Waals surface area (Å²) in [6.07, 6.45) is 1.17. The van der Waals surface area contributed by atoms with Crippen molar-refractivity contribution in [3.8, 4) is 0 Å². The maximum absolute atomic E-state index is 2.41. The molecule has 0 amide bonds. The van der Waals surface area contributed by atoms with Crippen LogP contribution in [0.15, 0.2) is 47.8 Å². The fourth-order valence-corrected chi connectivity index (χ4v) is 2.63. The molecule has 0 unspecified atom stereocenters. The van der Waals surface area contributed by atoms with E-state index in [1.807, 2.05) is 11.3 Å². The lowest BCUT2D eigenvalue weighted by molar-refractivity contribution is -0.701. The Labute approximate surface area is 101 Å². The second-order valence-corrected chi connectivity index (χ2v) is 5.22. The first-order valence-corrected chi connectivity index (χ1v) is 6.62. The van der Waals surface area contributed by atoms with E-state index in [1.165, 1.54) is 16.9 Å². The molecule has 0 aliphatic heterocycles. The van der Waals surface area contributed by atoms with Crippen LogP contribution < -0.4 is 5.32 Å². The Balaban J connectivity index is 1.78. The predicted molar refractivity (Wildman–Crippen MR) is 69.6 cm³/mol. The van der Waals surface area contributed by atoms with Gasteiger partial charge in [-0.1, -0.05) is 36.4 Å². The van der Waals surface area contributed by atoms with Gasteiger partial charge in [0.25, 0.3) is 0 Å². The van der Waals surface area contributed by atoms with Crippen LogP contribution in [0.3, 0.4) is 0 Å². The SMILES string of the molecule is C[C@H](Cc1cccs1)[NH2+]Cc1ccccc1. The lowest BCUT2D eigenvalue weighted by Crippen LogP contribution is -2.88. The fraction of sp³-hybridized carbons (Fsp3) is 0.286. The minimum atomic E-state index is 0.652. The molecule has 1 aromatic carbocycles. The molecule has 0 aliphatic rings. The Morgan fingerprint density at radius 1 is 1.12 bits per heavy atom. The van der Waals surface area contributed by atoms with E-state index in [2.05, 4.69) is 60.1 Å². The molecular formula is C14H18NS+. The Bertz CT molecular complexity index is 394. The monoisotopic (exact) mass is 232 g/mol. The molecule has 2 aromatic rings. The highest BCUT2D eigenvalue weighted by Gasteiger charge is 2.06. The first kappa shape index (κ1) is 11.4. The minimum absolute atomic E-state index is 0.652. The van der Waals surface area contributed by atoms with E-state index < -0.39 is 0 Å². The number of hydrogen-bond donors (Lipinski definition) is 1. The van der Waals surface area contributed by atoms with Gasteiger partial charge < -0.3 is 5.32 Å². The first-order chi connectivity index (χ1) is 7.84. The van der Waals surface area contributed by atoms with Crippen molar-refractivity contribution in [1.82, 2.24) is 0 Å². The van der Waals surface area contributed by atoms with Crippen LogP contribution in [0.5, 0.6) is 0 Å². The summed E-state index contributed by atoms with van der Waals surface area (Å²) in [6, 6.07) is 15.7. The number of rotatable bonds is 5. The minimum Gasteiger partial charge on any atom is -0.340 e. The van der Waals surface area contributed by atoms with Gasteiger partial charge in [-0.15, -0.1) is 11.3 Å². The molecule has 16 heavy (non-hydrogen) atoms. The lowest BCUT2D eigenvalue weighted by Gasteiger charge is -2.09. The number of thiophene rings is 1. The van der Waals surface area contributed by atoms with Gasteiger partial charge in [0.05, 0.1) is 6.04 Å². The van der Waals surface area contributed by atoms with Crippen molar-refractivity contribution in [2.45, 2.75) is 25.9 Å². The van der Waals surface area contributed by atoms with Crippen molar-refractivity contribution >= 4 is 11.3 Å². The topological polar surface area (TPSA) is 16.6 Å². The van der Waals surface area contributed by atoms with Gasteiger partial charge in [0.1, 0.15) is 6.54 Å². The molecule has 0 spiro atoms. The second kappa shape index (κ2) is 5.83. The molecule has 0 saturated carbocycles. The third-order valence-corrected chi connectivity index (χ3v) is 3.60. The zero-order chi connectivity index (χ0) is 11.2. The smallest absolute Gasteiger partial charge is 0.101 e. The quantitative estimate of drug-likeness (QED) is 0.815. The van der Waals surface area contributed by atoms with Gasteiger partial charge in [0.15, 0.2) is 0 Å². The number of quaternary nitrogens is 1. The highest BCUT2D eigenvalue weighted by molar-refractivity contribution is 7.09. The molecule has 1 nitrogen and oxygen atoms in total. The van der Waals surface area contributed by atoms with Gasteiger partial charge >= 0.3 is 0 Å². The molecule has 0 radical (unpaired) electrons. The van der Waals surface area contributed by atoms with Crippen LogP contribution in [-0.4, -0.2) is 6.04 Å². The lowest BCUT2D eigenvalue weighted by atomic mass is 10.2. The molecule has 2 heteroatoms. The van der Waals surface area contributed by atoms with Crippen LogP contribution in [0.4, 0.5) is 0 Å². The Hall–Kier alpha value is -1.12. The van der Waals surface area contributed by atoms with E-state index >= 15 is 0 Å². The molecular weight excluding hydrogens is 214 g/mol. The summed E-state index contributed by atoms with van der Waals surface area (Å²) in [5.41, 5.74) is 1.40.